The lowest BCUT2D eigenvalue weighted by molar-refractivity contribution is -0.138. The Hall–Kier alpha value is -0.890. The number of nitrogens with one attached hydrogen (secondary N) is 1. The van der Waals surface area contributed by atoms with E-state index >= 15 is 0 Å². The van der Waals surface area contributed by atoms with Crippen LogP contribution in [0.25, 0.3) is 0 Å². The lowest BCUT2D eigenvalue weighted by atomic mass is 10.4. The molecule has 1 aliphatic rings. The lowest BCUT2D eigenvalue weighted by Crippen LogP contribution is -2.06. The van der Waals surface area contributed by atoms with Crippen molar-refractivity contribution >= 4 is 16.5 Å². The van der Waals surface area contributed by atoms with Gasteiger partial charge in [-0.25, -0.2) is 0 Å². The van der Waals surface area contributed by atoms with E-state index in [4.69, 9.17) is 4.74 Å². The molecule has 2 rings (SSSR count). The summed E-state index contributed by atoms with van der Waals surface area (Å²) in [6.45, 7) is 1.96. The summed E-state index contributed by atoms with van der Waals surface area (Å²) in [5.74, 6) is 0.732. The van der Waals surface area contributed by atoms with Crippen molar-refractivity contribution in [2.24, 2.45) is 5.92 Å². The lowest BCUT2D eigenvalue weighted by Gasteiger charge is -2.03. The van der Waals surface area contributed by atoms with E-state index in [0.717, 1.165) is 18.9 Å². The third-order valence-corrected chi connectivity index (χ3v) is 3.39. The molecule has 0 spiro atoms. The Bertz CT molecular complexity index is 379. The highest BCUT2D eigenvalue weighted by molar-refractivity contribution is 7.15. The number of alkyl halides is 3. The molecule has 0 amide bonds. The highest BCUT2D eigenvalue weighted by Crippen LogP contribution is 2.33. The van der Waals surface area contributed by atoms with Crippen LogP contribution in [0.3, 0.4) is 0 Å². The Morgan fingerprint density at radius 3 is 2.72 bits per heavy atom. The summed E-state index contributed by atoms with van der Waals surface area (Å²) >= 11 is 0.519. The van der Waals surface area contributed by atoms with E-state index < -0.39 is 11.2 Å². The smallest absolute Gasteiger partial charge is 0.381 e. The fraction of sp³-hybridized carbons (Fsp3) is 0.800. The number of hydrogen-bond donors (Lipinski definition) is 1. The Morgan fingerprint density at radius 2 is 2.11 bits per heavy atom. The number of aromatic nitrogens is 2. The first-order valence-corrected chi connectivity index (χ1v) is 6.59. The molecule has 8 heteroatoms. The molecule has 1 fully saturated rings. The largest absolute Gasteiger partial charge is 0.445 e. The molecule has 18 heavy (non-hydrogen) atoms. The zero-order chi connectivity index (χ0) is 13.0. The Kier molecular flexibility index (Phi) is 4.39. The van der Waals surface area contributed by atoms with E-state index in [-0.39, 0.29) is 5.13 Å². The number of rotatable bonds is 7. The Balaban J connectivity index is 1.59. The van der Waals surface area contributed by atoms with Crippen LogP contribution in [-0.4, -0.2) is 30.0 Å². The van der Waals surface area contributed by atoms with Crippen LogP contribution in [0.15, 0.2) is 0 Å². The van der Waals surface area contributed by atoms with E-state index in [2.05, 4.69) is 15.5 Å². The highest BCUT2D eigenvalue weighted by Gasteiger charge is 2.35. The van der Waals surface area contributed by atoms with Crippen molar-refractivity contribution in [2.45, 2.75) is 25.4 Å². The van der Waals surface area contributed by atoms with Crippen LogP contribution in [-0.2, 0) is 10.9 Å². The molecular formula is C10H14F3N3OS. The number of anilines is 1. The van der Waals surface area contributed by atoms with Gasteiger partial charge in [-0.1, -0.05) is 11.3 Å². The minimum atomic E-state index is -4.41. The third kappa shape index (κ3) is 4.41. The summed E-state index contributed by atoms with van der Waals surface area (Å²) in [6.07, 6.45) is -1.16. The minimum absolute atomic E-state index is 0.199. The normalized spacial score (nSPS) is 15.9. The van der Waals surface area contributed by atoms with Gasteiger partial charge in [0.1, 0.15) is 0 Å². The molecule has 0 aromatic carbocycles. The maximum Gasteiger partial charge on any atom is 0.445 e. The maximum absolute atomic E-state index is 12.2. The van der Waals surface area contributed by atoms with Gasteiger partial charge in [-0.15, -0.1) is 10.2 Å². The van der Waals surface area contributed by atoms with Gasteiger partial charge < -0.3 is 10.1 Å². The molecule has 1 N–H and O–H groups in total. The van der Waals surface area contributed by atoms with Gasteiger partial charge in [-0.05, 0) is 25.2 Å². The van der Waals surface area contributed by atoms with E-state index in [1.54, 1.807) is 0 Å². The molecule has 0 atom stereocenters. The second-order valence-electron chi connectivity index (χ2n) is 4.21. The van der Waals surface area contributed by atoms with Gasteiger partial charge in [0.2, 0.25) is 10.1 Å². The average Bonchev–Trinajstić information content (AvgIpc) is 2.98. The first-order valence-electron chi connectivity index (χ1n) is 5.78. The van der Waals surface area contributed by atoms with Crippen molar-refractivity contribution in [3.63, 3.8) is 0 Å². The summed E-state index contributed by atoms with van der Waals surface area (Å²) in [7, 11) is 0. The molecule has 0 aliphatic heterocycles. The molecule has 1 aromatic rings. The summed E-state index contributed by atoms with van der Waals surface area (Å²) in [6, 6.07) is 0. The molecule has 4 nitrogen and oxygen atoms in total. The van der Waals surface area contributed by atoms with E-state index in [1.807, 2.05) is 0 Å². The zero-order valence-corrected chi connectivity index (χ0v) is 10.5. The summed E-state index contributed by atoms with van der Waals surface area (Å²) in [5, 5.41) is 8.60. The molecule has 0 bridgehead atoms. The van der Waals surface area contributed by atoms with Crippen molar-refractivity contribution in [3.05, 3.63) is 5.01 Å². The van der Waals surface area contributed by atoms with Gasteiger partial charge in [0.15, 0.2) is 0 Å². The van der Waals surface area contributed by atoms with E-state index in [9.17, 15) is 13.2 Å². The zero-order valence-electron chi connectivity index (χ0n) is 9.66. The van der Waals surface area contributed by atoms with Gasteiger partial charge in [0, 0.05) is 19.8 Å². The van der Waals surface area contributed by atoms with Gasteiger partial charge in [-0.2, -0.15) is 13.2 Å². The fourth-order valence-electron chi connectivity index (χ4n) is 1.31. The van der Waals surface area contributed by atoms with Crippen LogP contribution >= 0.6 is 11.3 Å². The van der Waals surface area contributed by atoms with Crippen LogP contribution in [0, 0.1) is 5.92 Å². The molecule has 102 valence electrons. The number of halogens is 3. The van der Waals surface area contributed by atoms with Crippen LogP contribution in [0.5, 0.6) is 0 Å². The standard InChI is InChI=1S/C10H14F3N3OS/c11-10(12,13)8-15-16-9(18-8)14-4-1-5-17-6-7-2-3-7/h7H,1-6H2,(H,14,16). The molecular weight excluding hydrogens is 267 g/mol. The van der Waals surface area contributed by atoms with Crippen molar-refractivity contribution in [1.82, 2.24) is 10.2 Å². The van der Waals surface area contributed by atoms with Crippen LogP contribution in [0.4, 0.5) is 18.3 Å². The highest BCUT2D eigenvalue weighted by atomic mass is 32.1. The van der Waals surface area contributed by atoms with E-state index in [0.29, 0.717) is 24.5 Å². The summed E-state index contributed by atoms with van der Waals surface area (Å²) in [5.41, 5.74) is 0. The van der Waals surface area contributed by atoms with Crippen molar-refractivity contribution < 1.29 is 17.9 Å². The van der Waals surface area contributed by atoms with Gasteiger partial charge >= 0.3 is 6.18 Å². The van der Waals surface area contributed by atoms with Crippen molar-refractivity contribution in [2.75, 3.05) is 25.1 Å². The summed E-state index contributed by atoms with van der Waals surface area (Å²) < 4.78 is 42.1. The SMILES string of the molecule is FC(F)(F)c1nnc(NCCCOCC2CC2)s1. The van der Waals surface area contributed by atoms with Crippen LogP contribution in [0.2, 0.25) is 0 Å². The maximum atomic E-state index is 12.2. The second kappa shape index (κ2) is 5.83. The molecule has 0 radical (unpaired) electrons. The molecule has 0 unspecified atom stereocenters. The second-order valence-corrected chi connectivity index (χ2v) is 5.19. The fourth-order valence-corrected chi connectivity index (χ4v) is 1.95. The molecule has 0 saturated heterocycles. The topological polar surface area (TPSA) is 47.0 Å². The van der Waals surface area contributed by atoms with E-state index in [1.165, 1.54) is 12.8 Å². The predicted molar refractivity (Wildman–Crippen MR) is 61.6 cm³/mol. The first-order chi connectivity index (χ1) is 8.55. The summed E-state index contributed by atoms with van der Waals surface area (Å²) in [4.78, 5) is 0. The monoisotopic (exact) mass is 281 g/mol. The first kappa shape index (κ1) is 13.5. The number of nitrogens with zero attached hydrogens (tertiary/aromatic N) is 2. The van der Waals surface area contributed by atoms with Gasteiger partial charge in [0.05, 0.1) is 0 Å². The van der Waals surface area contributed by atoms with Gasteiger partial charge in [-0.3, -0.25) is 0 Å². The van der Waals surface area contributed by atoms with Crippen LogP contribution in [0.1, 0.15) is 24.3 Å². The molecule has 1 heterocycles. The third-order valence-electron chi connectivity index (χ3n) is 2.46. The quantitative estimate of drug-likeness (QED) is 0.781. The average molecular weight is 281 g/mol. The Morgan fingerprint density at radius 1 is 1.33 bits per heavy atom. The molecule has 1 aromatic heterocycles. The van der Waals surface area contributed by atoms with Crippen LogP contribution < -0.4 is 5.32 Å². The minimum Gasteiger partial charge on any atom is -0.381 e. The molecule has 1 aliphatic carbocycles. The number of hydrogen-bond acceptors (Lipinski definition) is 5. The van der Waals surface area contributed by atoms with Crippen molar-refractivity contribution in [1.29, 1.82) is 0 Å². The predicted octanol–water partition coefficient (Wildman–Crippen LogP) is 2.79. The Labute approximate surface area is 107 Å². The van der Waals surface area contributed by atoms with Crippen molar-refractivity contribution in [3.8, 4) is 0 Å². The molecule has 1 saturated carbocycles. The van der Waals surface area contributed by atoms with Gasteiger partial charge in [0.25, 0.3) is 0 Å². The number of ether oxygens (including phenoxy) is 1.